The van der Waals surface area contributed by atoms with E-state index in [1.807, 2.05) is 18.3 Å². The van der Waals surface area contributed by atoms with E-state index in [2.05, 4.69) is 25.6 Å². The fourth-order valence-corrected chi connectivity index (χ4v) is 1.56. The van der Waals surface area contributed by atoms with Gasteiger partial charge in [-0.1, -0.05) is 0 Å². The van der Waals surface area contributed by atoms with Crippen molar-refractivity contribution in [2.75, 3.05) is 5.32 Å². The lowest BCUT2D eigenvalue weighted by atomic mass is 10.4. The first-order valence-electron chi connectivity index (χ1n) is 4.94. The van der Waals surface area contributed by atoms with Crippen LogP contribution in [-0.4, -0.2) is 24.8 Å². The Balaban J connectivity index is 1.86. The van der Waals surface area contributed by atoms with Gasteiger partial charge in [0.05, 0.1) is 18.4 Å². The molecule has 2 N–H and O–H groups in total. The Bertz CT molecular complexity index is 582. The SMILES string of the molecule is c1cc(CNc2nccn3nccc23)[nH]n1. The average Bonchev–Trinajstić information content (AvgIpc) is 2.97. The molecule has 0 fully saturated rings. The molecule has 0 aliphatic heterocycles. The van der Waals surface area contributed by atoms with Gasteiger partial charge < -0.3 is 5.32 Å². The fourth-order valence-electron chi connectivity index (χ4n) is 1.56. The molecule has 16 heavy (non-hydrogen) atoms. The molecule has 6 heteroatoms. The first-order valence-corrected chi connectivity index (χ1v) is 4.94. The third-order valence-electron chi connectivity index (χ3n) is 2.33. The number of fused-ring (bicyclic) bond motifs is 1. The Labute approximate surface area is 91.3 Å². The van der Waals surface area contributed by atoms with E-state index in [-0.39, 0.29) is 0 Å². The Hall–Kier alpha value is -2.37. The van der Waals surface area contributed by atoms with Crippen LogP contribution in [-0.2, 0) is 6.54 Å². The van der Waals surface area contributed by atoms with Crippen molar-refractivity contribution in [2.24, 2.45) is 0 Å². The summed E-state index contributed by atoms with van der Waals surface area (Å²) in [6.45, 7) is 0.665. The highest BCUT2D eigenvalue weighted by Crippen LogP contribution is 2.12. The van der Waals surface area contributed by atoms with Gasteiger partial charge in [0.25, 0.3) is 0 Å². The molecule has 3 aromatic heterocycles. The van der Waals surface area contributed by atoms with Crippen molar-refractivity contribution in [3.05, 3.63) is 42.6 Å². The molecule has 0 aliphatic rings. The van der Waals surface area contributed by atoms with Gasteiger partial charge in [-0.2, -0.15) is 10.2 Å². The number of hydrogen-bond acceptors (Lipinski definition) is 4. The monoisotopic (exact) mass is 214 g/mol. The Morgan fingerprint density at radius 1 is 1.25 bits per heavy atom. The summed E-state index contributed by atoms with van der Waals surface area (Å²) in [6.07, 6.45) is 7.01. The predicted octanol–water partition coefficient (Wildman–Crippen LogP) is 1.06. The number of nitrogens with zero attached hydrogens (tertiary/aromatic N) is 4. The molecule has 3 aromatic rings. The van der Waals surface area contributed by atoms with Gasteiger partial charge in [-0.25, -0.2) is 9.50 Å². The van der Waals surface area contributed by atoms with Crippen LogP contribution in [0.4, 0.5) is 5.82 Å². The lowest BCUT2D eigenvalue weighted by Gasteiger charge is -2.04. The minimum atomic E-state index is 0.665. The smallest absolute Gasteiger partial charge is 0.152 e. The largest absolute Gasteiger partial charge is 0.363 e. The molecular formula is C10H10N6. The maximum atomic E-state index is 4.27. The second-order valence-electron chi connectivity index (χ2n) is 3.37. The number of aromatic amines is 1. The van der Waals surface area contributed by atoms with Gasteiger partial charge in [-0.3, -0.25) is 5.10 Å². The molecule has 0 spiro atoms. The molecule has 0 aromatic carbocycles. The van der Waals surface area contributed by atoms with Crippen LogP contribution in [0.1, 0.15) is 5.69 Å². The van der Waals surface area contributed by atoms with Crippen LogP contribution in [0.15, 0.2) is 36.9 Å². The number of H-pyrrole nitrogens is 1. The van der Waals surface area contributed by atoms with Gasteiger partial charge in [0, 0.05) is 18.6 Å². The van der Waals surface area contributed by atoms with Crippen LogP contribution in [0.25, 0.3) is 5.52 Å². The highest BCUT2D eigenvalue weighted by Gasteiger charge is 2.02. The maximum Gasteiger partial charge on any atom is 0.152 e. The summed E-state index contributed by atoms with van der Waals surface area (Å²) in [7, 11) is 0. The summed E-state index contributed by atoms with van der Waals surface area (Å²) in [5.74, 6) is 0.814. The number of hydrogen-bond donors (Lipinski definition) is 2. The van der Waals surface area contributed by atoms with Gasteiger partial charge in [-0.05, 0) is 12.1 Å². The number of anilines is 1. The maximum absolute atomic E-state index is 4.27. The Morgan fingerprint density at radius 3 is 3.12 bits per heavy atom. The first kappa shape index (κ1) is 8.90. The number of aromatic nitrogens is 5. The first-order chi connectivity index (χ1) is 7.93. The zero-order valence-corrected chi connectivity index (χ0v) is 8.46. The van der Waals surface area contributed by atoms with Crippen LogP contribution in [0.5, 0.6) is 0 Å². The molecule has 0 aliphatic carbocycles. The Kier molecular flexibility index (Phi) is 2.03. The minimum Gasteiger partial charge on any atom is -0.363 e. The van der Waals surface area contributed by atoms with Crippen LogP contribution in [0.3, 0.4) is 0 Å². The fraction of sp³-hybridized carbons (Fsp3) is 0.100. The van der Waals surface area contributed by atoms with Gasteiger partial charge >= 0.3 is 0 Å². The molecule has 80 valence electrons. The van der Waals surface area contributed by atoms with Crippen LogP contribution in [0, 0.1) is 0 Å². The summed E-state index contributed by atoms with van der Waals surface area (Å²) >= 11 is 0. The van der Waals surface area contributed by atoms with Crippen LogP contribution >= 0.6 is 0 Å². The second-order valence-corrected chi connectivity index (χ2v) is 3.37. The van der Waals surface area contributed by atoms with Gasteiger partial charge in [-0.15, -0.1) is 0 Å². The molecule has 0 amide bonds. The third-order valence-corrected chi connectivity index (χ3v) is 2.33. The summed E-state index contributed by atoms with van der Waals surface area (Å²) in [4.78, 5) is 4.27. The van der Waals surface area contributed by atoms with E-state index >= 15 is 0 Å². The van der Waals surface area contributed by atoms with Crippen molar-refractivity contribution < 1.29 is 0 Å². The van der Waals surface area contributed by atoms with E-state index < -0.39 is 0 Å². The summed E-state index contributed by atoms with van der Waals surface area (Å²) in [5.41, 5.74) is 1.98. The molecule has 0 saturated carbocycles. The normalized spacial score (nSPS) is 10.8. The lowest BCUT2D eigenvalue weighted by molar-refractivity contribution is 0.934. The summed E-state index contributed by atoms with van der Waals surface area (Å²) < 4.78 is 1.78. The predicted molar refractivity (Wildman–Crippen MR) is 58.9 cm³/mol. The second kappa shape index (κ2) is 3.65. The molecule has 0 atom stereocenters. The molecule has 6 nitrogen and oxygen atoms in total. The number of rotatable bonds is 3. The van der Waals surface area contributed by atoms with Gasteiger partial charge in [0.2, 0.25) is 0 Å². The molecule has 3 rings (SSSR count). The highest BCUT2D eigenvalue weighted by molar-refractivity contribution is 5.66. The van der Waals surface area contributed by atoms with Crippen molar-refractivity contribution in [1.29, 1.82) is 0 Å². The van der Waals surface area contributed by atoms with Crippen molar-refractivity contribution >= 4 is 11.3 Å². The quantitative estimate of drug-likeness (QED) is 0.684. The van der Waals surface area contributed by atoms with Gasteiger partial charge in [0.1, 0.15) is 5.52 Å². The molecule has 0 radical (unpaired) electrons. The molecular weight excluding hydrogens is 204 g/mol. The average molecular weight is 214 g/mol. The van der Waals surface area contributed by atoms with E-state index in [9.17, 15) is 0 Å². The van der Waals surface area contributed by atoms with E-state index in [0.29, 0.717) is 6.54 Å². The van der Waals surface area contributed by atoms with Gasteiger partial charge in [0.15, 0.2) is 5.82 Å². The van der Waals surface area contributed by atoms with E-state index in [1.54, 1.807) is 23.1 Å². The van der Waals surface area contributed by atoms with E-state index in [4.69, 9.17) is 0 Å². The summed E-state index contributed by atoms with van der Waals surface area (Å²) in [6, 6.07) is 3.84. The zero-order valence-electron chi connectivity index (χ0n) is 8.46. The number of nitrogens with one attached hydrogen (secondary N) is 2. The topological polar surface area (TPSA) is 70.9 Å². The minimum absolute atomic E-state index is 0.665. The molecule has 0 saturated heterocycles. The summed E-state index contributed by atoms with van der Waals surface area (Å²) in [5, 5.41) is 14.1. The van der Waals surface area contributed by atoms with Crippen molar-refractivity contribution in [1.82, 2.24) is 24.8 Å². The molecule has 0 bridgehead atoms. The van der Waals surface area contributed by atoms with Crippen molar-refractivity contribution in [3.8, 4) is 0 Å². The zero-order chi connectivity index (χ0) is 10.8. The van der Waals surface area contributed by atoms with Crippen LogP contribution in [0.2, 0.25) is 0 Å². The van der Waals surface area contributed by atoms with E-state index in [1.165, 1.54) is 0 Å². The molecule has 0 unspecified atom stereocenters. The van der Waals surface area contributed by atoms with Crippen molar-refractivity contribution in [2.45, 2.75) is 6.54 Å². The highest BCUT2D eigenvalue weighted by atomic mass is 15.2. The van der Waals surface area contributed by atoms with Crippen molar-refractivity contribution in [3.63, 3.8) is 0 Å². The van der Waals surface area contributed by atoms with Crippen LogP contribution < -0.4 is 5.32 Å². The Morgan fingerprint density at radius 2 is 2.25 bits per heavy atom. The standard InChI is InChI=1S/C10H10N6/c1-3-13-15-8(1)7-12-10-9-2-4-14-16(9)6-5-11-10/h1-6H,7H2,(H,11,12)(H,13,15). The lowest BCUT2D eigenvalue weighted by Crippen LogP contribution is -2.03. The third kappa shape index (κ3) is 1.50. The van der Waals surface area contributed by atoms with E-state index in [0.717, 1.165) is 17.0 Å². The molecule has 3 heterocycles.